The van der Waals surface area contributed by atoms with Crippen molar-refractivity contribution in [3.05, 3.63) is 0 Å². The summed E-state index contributed by atoms with van der Waals surface area (Å²) in [5.74, 6) is -1.07. The number of hydrogen-bond acceptors (Lipinski definition) is 2. The lowest BCUT2D eigenvalue weighted by Crippen LogP contribution is -2.36. The maximum atomic E-state index is 10.8. The van der Waals surface area contributed by atoms with Gasteiger partial charge in [0.05, 0.1) is 5.92 Å². The Labute approximate surface area is 79.3 Å². The molecule has 1 unspecified atom stereocenters. The van der Waals surface area contributed by atoms with Crippen LogP contribution < -0.4 is 5.73 Å². The zero-order chi connectivity index (χ0) is 9.90. The van der Waals surface area contributed by atoms with Gasteiger partial charge in [0.1, 0.15) is 0 Å². The first kappa shape index (κ1) is 10.5. The molecule has 0 aromatic heterocycles. The highest BCUT2D eigenvalue weighted by Gasteiger charge is 2.38. The third-order valence-corrected chi connectivity index (χ3v) is 3.48. The Morgan fingerprint density at radius 3 is 2.46 bits per heavy atom. The highest BCUT2D eigenvalue weighted by Crippen LogP contribution is 2.48. The summed E-state index contributed by atoms with van der Waals surface area (Å²) in [6.45, 7) is 2.42. The number of carboxylic acid groups (broad SMARTS) is 1. The van der Waals surface area contributed by atoms with Crippen LogP contribution in [0.2, 0.25) is 0 Å². The number of carbonyl (C=O) groups is 1. The first-order valence-electron chi connectivity index (χ1n) is 5.06. The van der Waals surface area contributed by atoms with Gasteiger partial charge in [0.2, 0.25) is 0 Å². The summed E-state index contributed by atoms with van der Waals surface area (Å²) in [5, 5.41) is 8.87. The lowest BCUT2D eigenvalue weighted by atomic mass is 9.63. The van der Waals surface area contributed by atoms with Gasteiger partial charge >= 0.3 is 5.97 Å². The Hall–Kier alpha value is -0.570. The average molecular weight is 185 g/mol. The second kappa shape index (κ2) is 4.09. The van der Waals surface area contributed by atoms with Crippen LogP contribution in [0.5, 0.6) is 0 Å². The number of hydrogen-bond donors (Lipinski definition) is 2. The van der Waals surface area contributed by atoms with E-state index in [0.29, 0.717) is 5.41 Å². The van der Waals surface area contributed by atoms with E-state index in [1.807, 2.05) is 0 Å². The van der Waals surface area contributed by atoms with Crippen molar-refractivity contribution >= 4 is 5.97 Å². The number of carboxylic acids is 1. The van der Waals surface area contributed by atoms with Crippen molar-refractivity contribution in [3.63, 3.8) is 0 Å². The Kier molecular flexibility index (Phi) is 3.31. The minimum absolute atomic E-state index is 0.275. The smallest absolute Gasteiger partial charge is 0.307 e. The Balaban J connectivity index is 2.48. The molecule has 0 aromatic carbocycles. The summed E-state index contributed by atoms with van der Waals surface area (Å²) >= 11 is 0. The zero-order valence-electron chi connectivity index (χ0n) is 8.25. The Morgan fingerprint density at radius 2 is 2.23 bits per heavy atom. The van der Waals surface area contributed by atoms with E-state index in [-0.39, 0.29) is 12.5 Å². The van der Waals surface area contributed by atoms with Crippen LogP contribution in [0.1, 0.15) is 39.0 Å². The van der Waals surface area contributed by atoms with Crippen LogP contribution in [0.3, 0.4) is 0 Å². The number of aliphatic carboxylic acids is 1. The second-order valence-electron chi connectivity index (χ2n) is 4.18. The van der Waals surface area contributed by atoms with Crippen LogP contribution in [0.15, 0.2) is 0 Å². The summed E-state index contributed by atoms with van der Waals surface area (Å²) in [4.78, 5) is 10.8. The van der Waals surface area contributed by atoms with E-state index in [1.165, 1.54) is 19.3 Å². The number of nitrogens with two attached hydrogens (primary N) is 1. The molecule has 3 nitrogen and oxygen atoms in total. The van der Waals surface area contributed by atoms with Gasteiger partial charge < -0.3 is 10.8 Å². The Bertz CT molecular complexity index is 182. The van der Waals surface area contributed by atoms with Crippen LogP contribution in [0, 0.1) is 11.3 Å². The van der Waals surface area contributed by atoms with E-state index in [0.717, 1.165) is 12.8 Å². The molecule has 0 bridgehead atoms. The van der Waals surface area contributed by atoms with Gasteiger partial charge in [-0.05, 0) is 24.7 Å². The summed E-state index contributed by atoms with van der Waals surface area (Å²) in [6, 6.07) is 0. The number of rotatable bonds is 5. The molecule has 1 fully saturated rings. The van der Waals surface area contributed by atoms with Gasteiger partial charge in [-0.2, -0.15) is 0 Å². The molecular formula is C10H19NO2. The monoisotopic (exact) mass is 185 g/mol. The fourth-order valence-corrected chi connectivity index (χ4v) is 2.17. The maximum Gasteiger partial charge on any atom is 0.307 e. The molecule has 76 valence electrons. The predicted molar refractivity (Wildman–Crippen MR) is 51.4 cm³/mol. The van der Waals surface area contributed by atoms with E-state index in [4.69, 9.17) is 10.8 Å². The van der Waals surface area contributed by atoms with Gasteiger partial charge in [0, 0.05) is 6.54 Å². The molecule has 0 saturated heterocycles. The fourth-order valence-electron chi connectivity index (χ4n) is 2.17. The van der Waals surface area contributed by atoms with E-state index in [1.54, 1.807) is 0 Å². The summed E-state index contributed by atoms with van der Waals surface area (Å²) in [5.41, 5.74) is 5.74. The quantitative estimate of drug-likeness (QED) is 0.684. The van der Waals surface area contributed by atoms with Crippen LogP contribution in [-0.2, 0) is 4.79 Å². The highest BCUT2D eigenvalue weighted by atomic mass is 16.4. The topological polar surface area (TPSA) is 63.3 Å². The zero-order valence-corrected chi connectivity index (χ0v) is 8.25. The summed E-state index contributed by atoms with van der Waals surface area (Å²) < 4.78 is 0. The standard InChI is InChI=1S/C10H19NO2/c1-2-10(4-3-5-10)6-8(7-11)9(12)13/h8H,2-7,11H2,1H3,(H,12,13). The predicted octanol–water partition coefficient (Wildman–Crippen LogP) is 1.62. The van der Waals surface area contributed by atoms with Gasteiger partial charge in [-0.3, -0.25) is 4.79 Å². The molecular weight excluding hydrogens is 166 g/mol. The Morgan fingerprint density at radius 1 is 1.62 bits per heavy atom. The van der Waals surface area contributed by atoms with Crippen LogP contribution in [0.25, 0.3) is 0 Å². The van der Waals surface area contributed by atoms with Crippen molar-refractivity contribution in [2.75, 3.05) is 6.54 Å². The molecule has 1 aliphatic carbocycles. The van der Waals surface area contributed by atoms with Gasteiger partial charge in [0.25, 0.3) is 0 Å². The van der Waals surface area contributed by atoms with Gasteiger partial charge in [0.15, 0.2) is 0 Å². The van der Waals surface area contributed by atoms with Crippen molar-refractivity contribution in [1.82, 2.24) is 0 Å². The largest absolute Gasteiger partial charge is 0.481 e. The molecule has 0 radical (unpaired) electrons. The van der Waals surface area contributed by atoms with Crippen molar-refractivity contribution in [1.29, 1.82) is 0 Å². The molecule has 0 amide bonds. The first-order valence-corrected chi connectivity index (χ1v) is 5.06. The summed E-state index contributed by atoms with van der Waals surface area (Å²) in [7, 11) is 0. The van der Waals surface area contributed by atoms with E-state index in [2.05, 4.69) is 6.92 Å². The molecule has 0 heterocycles. The molecule has 1 saturated carbocycles. The average Bonchev–Trinajstić information content (AvgIpc) is 2.03. The molecule has 3 N–H and O–H groups in total. The van der Waals surface area contributed by atoms with E-state index < -0.39 is 5.97 Å². The third-order valence-electron chi connectivity index (χ3n) is 3.48. The molecule has 1 rings (SSSR count). The van der Waals surface area contributed by atoms with Crippen LogP contribution in [0.4, 0.5) is 0 Å². The molecule has 0 aromatic rings. The van der Waals surface area contributed by atoms with Crippen LogP contribution in [-0.4, -0.2) is 17.6 Å². The molecule has 0 spiro atoms. The normalized spacial score (nSPS) is 22.0. The van der Waals surface area contributed by atoms with Gasteiger partial charge in [-0.15, -0.1) is 0 Å². The SMILES string of the molecule is CCC1(CC(CN)C(=O)O)CCC1. The van der Waals surface area contributed by atoms with E-state index in [9.17, 15) is 4.79 Å². The molecule has 1 atom stereocenters. The van der Waals surface area contributed by atoms with Crippen molar-refractivity contribution < 1.29 is 9.90 Å². The van der Waals surface area contributed by atoms with Gasteiger partial charge in [-0.1, -0.05) is 19.8 Å². The maximum absolute atomic E-state index is 10.8. The second-order valence-corrected chi connectivity index (χ2v) is 4.18. The van der Waals surface area contributed by atoms with Crippen molar-refractivity contribution in [2.45, 2.75) is 39.0 Å². The first-order chi connectivity index (χ1) is 6.13. The minimum Gasteiger partial charge on any atom is -0.481 e. The summed E-state index contributed by atoms with van der Waals surface area (Å²) in [6.07, 6.45) is 5.50. The lowest BCUT2D eigenvalue weighted by molar-refractivity contribution is -0.143. The lowest BCUT2D eigenvalue weighted by Gasteiger charge is -2.42. The molecule has 13 heavy (non-hydrogen) atoms. The van der Waals surface area contributed by atoms with Gasteiger partial charge in [-0.25, -0.2) is 0 Å². The fraction of sp³-hybridized carbons (Fsp3) is 0.900. The molecule has 1 aliphatic rings. The highest BCUT2D eigenvalue weighted by molar-refractivity contribution is 5.70. The third kappa shape index (κ3) is 2.21. The van der Waals surface area contributed by atoms with E-state index >= 15 is 0 Å². The van der Waals surface area contributed by atoms with Crippen LogP contribution >= 0.6 is 0 Å². The van der Waals surface area contributed by atoms with Crippen molar-refractivity contribution in [2.24, 2.45) is 17.1 Å². The molecule has 0 aliphatic heterocycles. The minimum atomic E-state index is -0.734. The van der Waals surface area contributed by atoms with Crippen molar-refractivity contribution in [3.8, 4) is 0 Å². The molecule has 3 heteroatoms.